The Morgan fingerprint density at radius 2 is 1.80 bits per heavy atom. The second-order valence-electron chi connectivity index (χ2n) is 6.88. The van der Waals surface area contributed by atoms with Crippen LogP contribution in [0.15, 0.2) is 72.3 Å². The minimum Gasteiger partial charge on any atom is -0.489 e. The molecular weight excluding hydrogens is 396 g/mol. The van der Waals surface area contributed by atoms with E-state index in [1.54, 1.807) is 36.4 Å². The molecule has 0 unspecified atom stereocenters. The molecule has 150 valence electrons. The highest BCUT2D eigenvalue weighted by atomic mass is 35.5. The van der Waals surface area contributed by atoms with Crippen LogP contribution in [0.2, 0.25) is 5.02 Å². The summed E-state index contributed by atoms with van der Waals surface area (Å²) in [4.78, 5) is 12.4. The summed E-state index contributed by atoms with van der Waals surface area (Å²) in [5.41, 5.74) is 4.75. The van der Waals surface area contributed by atoms with E-state index in [2.05, 4.69) is 37.4 Å². The van der Waals surface area contributed by atoms with Gasteiger partial charge in [0.1, 0.15) is 24.0 Å². The Balaban J connectivity index is 1.66. The number of nitrogens with one attached hydrogen (secondary N) is 1. The summed E-state index contributed by atoms with van der Waals surface area (Å²) in [7, 11) is 0. The Morgan fingerprint density at radius 3 is 2.47 bits per heavy atom. The van der Waals surface area contributed by atoms with Crippen LogP contribution in [-0.4, -0.2) is 5.91 Å². The van der Waals surface area contributed by atoms with Gasteiger partial charge in [-0.05, 0) is 66.4 Å². The first-order valence-corrected chi connectivity index (χ1v) is 9.81. The van der Waals surface area contributed by atoms with Crippen molar-refractivity contribution in [1.29, 1.82) is 5.26 Å². The predicted molar refractivity (Wildman–Crippen MR) is 120 cm³/mol. The normalized spacial score (nSPS) is 10.9. The SMILES string of the molecule is Cc1ccc(COc2ccc(/C=C(\C#N)C(=O)Nc3ccccc3Cl)cc2)cc1C. The molecule has 3 aromatic carbocycles. The third-order valence-corrected chi connectivity index (χ3v) is 4.98. The Bertz CT molecular complexity index is 1130. The lowest BCUT2D eigenvalue weighted by atomic mass is 10.1. The van der Waals surface area contributed by atoms with Gasteiger partial charge in [0.05, 0.1) is 10.7 Å². The number of carbonyl (C=O) groups excluding carboxylic acids is 1. The van der Waals surface area contributed by atoms with Crippen molar-refractivity contribution < 1.29 is 9.53 Å². The van der Waals surface area contributed by atoms with Gasteiger partial charge in [-0.3, -0.25) is 4.79 Å². The van der Waals surface area contributed by atoms with Crippen molar-refractivity contribution in [2.24, 2.45) is 0 Å². The van der Waals surface area contributed by atoms with E-state index >= 15 is 0 Å². The minimum absolute atomic E-state index is 0.0151. The number of benzene rings is 3. The molecule has 0 atom stereocenters. The van der Waals surface area contributed by atoms with Gasteiger partial charge >= 0.3 is 0 Å². The van der Waals surface area contributed by atoms with Crippen LogP contribution in [0.4, 0.5) is 5.69 Å². The smallest absolute Gasteiger partial charge is 0.266 e. The van der Waals surface area contributed by atoms with E-state index in [0.29, 0.717) is 23.1 Å². The van der Waals surface area contributed by atoms with Crippen LogP contribution in [0.5, 0.6) is 5.75 Å². The molecule has 0 aliphatic carbocycles. The van der Waals surface area contributed by atoms with Gasteiger partial charge in [-0.2, -0.15) is 5.26 Å². The summed E-state index contributed by atoms with van der Waals surface area (Å²) in [6, 6.07) is 22.3. The molecule has 0 fully saturated rings. The maximum atomic E-state index is 12.4. The van der Waals surface area contributed by atoms with E-state index < -0.39 is 5.91 Å². The quantitative estimate of drug-likeness (QED) is 0.391. The van der Waals surface area contributed by atoms with E-state index in [1.807, 2.05) is 18.2 Å². The number of amides is 1. The number of carbonyl (C=O) groups is 1. The zero-order valence-corrected chi connectivity index (χ0v) is 17.5. The number of hydrogen-bond donors (Lipinski definition) is 1. The van der Waals surface area contributed by atoms with Crippen LogP contribution in [0.25, 0.3) is 6.08 Å². The van der Waals surface area contributed by atoms with E-state index in [9.17, 15) is 10.1 Å². The number of nitrogens with zero attached hydrogens (tertiary/aromatic N) is 1. The average Bonchev–Trinajstić information content (AvgIpc) is 2.75. The van der Waals surface area contributed by atoms with Gasteiger partial charge in [0, 0.05) is 0 Å². The lowest BCUT2D eigenvalue weighted by Gasteiger charge is -2.09. The first-order chi connectivity index (χ1) is 14.5. The molecule has 1 N–H and O–H groups in total. The monoisotopic (exact) mass is 416 g/mol. The van der Waals surface area contributed by atoms with E-state index in [1.165, 1.54) is 17.2 Å². The van der Waals surface area contributed by atoms with E-state index in [-0.39, 0.29) is 5.57 Å². The van der Waals surface area contributed by atoms with Gasteiger partial charge in [0.25, 0.3) is 5.91 Å². The topological polar surface area (TPSA) is 62.1 Å². The second-order valence-corrected chi connectivity index (χ2v) is 7.29. The lowest BCUT2D eigenvalue weighted by molar-refractivity contribution is -0.112. The van der Waals surface area contributed by atoms with Gasteiger partial charge in [-0.15, -0.1) is 0 Å². The molecule has 3 rings (SSSR count). The van der Waals surface area contributed by atoms with Crippen LogP contribution < -0.4 is 10.1 Å². The van der Waals surface area contributed by atoms with Crippen LogP contribution >= 0.6 is 11.6 Å². The third-order valence-electron chi connectivity index (χ3n) is 4.66. The van der Waals surface area contributed by atoms with Crippen molar-refractivity contribution in [3.05, 3.63) is 99.6 Å². The molecule has 0 heterocycles. The molecule has 0 spiro atoms. The maximum absolute atomic E-state index is 12.4. The zero-order chi connectivity index (χ0) is 21.5. The maximum Gasteiger partial charge on any atom is 0.266 e. The van der Waals surface area contributed by atoms with Gasteiger partial charge in [0.15, 0.2) is 0 Å². The van der Waals surface area contributed by atoms with Crippen molar-refractivity contribution in [3.8, 4) is 11.8 Å². The van der Waals surface area contributed by atoms with Crippen LogP contribution in [0.3, 0.4) is 0 Å². The second kappa shape index (κ2) is 9.78. The summed E-state index contributed by atoms with van der Waals surface area (Å²) in [6.07, 6.45) is 1.53. The number of ether oxygens (including phenoxy) is 1. The van der Waals surface area contributed by atoms with Gasteiger partial charge < -0.3 is 10.1 Å². The summed E-state index contributed by atoms with van der Waals surface area (Å²) >= 11 is 6.05. The summed E-state index contributed by atoms with van der Waals surface area (Å²) in [6.45, 7) is 4.63. The minimum atomic E-state index is -0.513. The third kappa shape index (κ3) is 5.50. The Hall–Kier alpha value is -3.55. The zero-order valence-electron chi connectivity index (χ0n) is 16.8. The summed E-state index contributed by atoms with van der Waals surface area (Å²) < 4.78 is 5.83. The molecule has 30 heavy (non-hydrogen) atoms. The fourth-order valence-corrected chi connectivity index (χ4v) is 2.97. The number of para-hydroxylation sites is 1. The highest BCUT2D eigenvalue weighted by Crippen LogP contribution is 2.22. The molecule has 0 aliphatic heterocycles. The number of rotatable bonds is 6. The number of halogens is 1. The van der Waals surface area contributed by atoms with Crippen LogP contribution in [-0.2, 0) is 11.4 Å². The molecular formula is C25H21ClN2O2. The molecule has 0 saturated heterocycles. The number of aryl methyl sites for hydroxylation is 2. The molecule has 1 amide bonds. The lowest BCUT2D eigenvalue weighted by Crippen LogP contribution is -2.13. The summed E-state index contributed by atoms with van der Waals surface area (Å²) in [5.74, 6) is 0.199. The van der Waals surface area contributed by atoms with Gasteiger partial charge in [-0.25, -0.2) is 0 Å². The Labute approximate surface area is 181 Å². The largest absolute Gasteiger partial charge is 0.489 e. The highest BCUT2D eigenvalue weighted by Gasteiger charge is 2.11. The Kier molecular flexibility index (Phi) is 6.90. The van der Waals surface area contributed by atoms with Crippen molar-refractivity contribution >= 4 is 29.3 Å². The van der Waals surface area contributed by atoms with Crippen molar-refractivity contribution in [3.63, 3.8) is 0 Å². The van der Waals surface area contributed by atoms with E-state index in [4.69, 9.17) is 16.3 Å². The van der Waals surface area contributed by atoms with Crippen molar-refractivity contribution in [1.82, 2.24) is 0 Å². The first kappa shape index (κ1) is 21.2. The number of nitriles is 1. The number of hydrogen-bond acceptors (Lipinski definition) is 3. The average molecular weight is 417 g/mol. The molecule has 3 aromatic rings. The van der Waals surface area contributed by atoms with Gasteiger partial charge in [-0.1, -0.05) is 54.1 Å². The fourth-order valence-electron chi connectivity index (χ4n) is 2.79. The van der Waals surface area contributed by atoms with E-state index in [0.717, 1.165) is 11.1 Å². The van der Waals surface area contributed by atoms with Crippen molar-refractivity contribution in [2.45, 2.75) is 20.5 Å². The molecule has 0 aliphatic rings. The molecule has 0 radical (unpaired) electrons. The molecule has 0 bridgehead atoms. The molecule has 5 heteroatoms. The fraction of sp³-hybridized carbons (Fsp3) is 0.120. The summed E-state index contributed by atoms with van der Waals surface area (Å²) in [5, 5.41) is 12.4. The van der Waals surface area contributed by atoms with Crippen LogP contribution in [0.1, 0.15) is 22.3 Å². The molecule has 4 nitrogen and oxygen atoms in total. The Morgan fingerprint density at radius 1 is 1.07 bits per heavy atom. The highest BCUT2D eigenvalue weighted by molar-refractivity contribution is 6.34. The van der Waals surface area contributed by atoms with Crippen LogP contribution in [0, 0.1) is 25.2 Å². The van der Waals surface area contributed by atoms with Gasteiger partial charge in [0.2, 0.25) is 0 Å². The molecule has 0 saturated carbocycles. The predicted octanol–water partition coefficient (Wildman–Crippen LogP) is 6.08. The molecule has 0 aromatic heterocycles. The number of anilines is 1. The first-order valence-electron chi connectivity index (χ1n) is 9.43. The van der Waals surface area contributed by atoms with Crippen molar-refractivity contribution in [2.75, 3.05) is 5.32 Å². The standard InChI is InChI=1S/C25H21ClN2O2/c1-17-7-8-20(13-18(17)2)16-30-22-11-9-19(10-12-22)14-21(15-27)25(29)28-24-6-4-3-5-23(24)26/h3-14H,16H2,1-2H3,(H,28,29)/b21-14+.